The van der Waals surface area contributed by atoms with Gasteiger partial charge in [0.05, 0.1) is 33.9 Å². The first-order valence-corrected chi connectivity index (χ1v) is 6.71. The highest BCUT2D eigenvalue weighted by molar-refractivity contribution is 7.45. The average molecular weight is 255 g/mol. The van der Waals surface area contributed by atoms with Gasteiger partial charge in [0.1, 0.15) is 13.2 Å². The Morgan fingerprint density at radius 2 is 1.94 bits per heavy atom. The molecule has 1 N–H and O–H groups in total. The van der Waals surface area contributed by atoms with Gasteiger partial charge in [-0.1, -0.05) is 6.92 Å². The fraction of sp³-hybridized carbons (Fsp3) is 1.00. The molecule has 0 saturated heterocycles. The molecule has 0 spiro atoms. The van der Waals surface area contributed by atoms with Gasteiger partial charge in [0.2, 0.25) is 0 Å². The molecule has 0 radical (unpaired) electrons. The summed E-state index contributed by atoms with van der Waals surface area (Å²) in [5.41, 5.74) is 0. The standard InChI is InChI=1S/C9H22NO5P/c1-5-9(11)8-15-16(12,13)14-7-6-10(2,3)4/h9,11H,5-8H2,1-4H3. The normalized spacial score (nSPS) is 18.1. The topological polar surface area (TPSA) is 78.8 Å². The Labute approximate surface area is 97.0 Å². The van der Waals surface area contributed by atoms with E-state index in [-0.39, 0.29) is 13.2 Å². The van der Waals surface area contributed by atoms with Gasteiger partial charge in [-0.05, 0) is 6.42 Å². The van der Waals surface area contributed by atoms with E-state index >= 15 is 0 Å². The molecule has 7 heteroatoms. The minimum atomic E-state index is -4.27. The van der Waals surface area contributed by atoms with E-state index in [0.717, 1.165) is 0 Å². The number of rotatable bonds is 8. The molecule has 0 aliphatic carbocycles. The number of aliphatic hydroxyl groups excluding tert-OH is 1. The second-order valence-electron chi connectivity index (χ2n) is 4.65. The molecular formula is C9H22NO5P. The van der Waals surface area contributed by atoms with Crippen LogP contribution in [0.25, 0.3) is 0 Å². The van der Waals surface area contributed by atoms with E-state index in [1.54, 1.807) is 6.92 Å². The van der Waals surface area contributed by atoms with E-state index in [1.807, 2.05) is 21.1 Å². The highest BCUT2D eigenvalue weighted by atomic mass is 31.2. The van der Waals surface area contributed by atoms with Gasteiger partial charge < -0.3 is 23.5 Å². The van der Waals surface area contributed by atoms with Crippen LogP contribution in [0.4, 0.5) is 0 Å². The van der Waals surface area contributed by atoms with Gasteiger partial charge in [-0.3, -0.25) is 4.57 Å². The Bertz CT molecular complexity index is 241. The van der Waals surface area contributed by atoms with Gasteiger partial charge in [0.15, 0.2) is 0 Å². The van der Waals surface area contributed by atoms with Crippen molar-refractivity contribution in [1.82, 2.24) is 0 Å². The van der Waals surface area contributed by atoms with Crippen LogP contribution in [0.5, 0.6) is 0 Å². The Kier molecular flexibility index (Phi) is 6.70. The van der Waals surface area contributed by atoms with Crippen molar-refractivity contribution in [2.45, 2.75) is 19.4 Å². The first-order chi connectivity index (χ1) is 7.16. The molecule has 0 aromatic heterocycles. The highest BCUT2D eigenvalue weighted by Crippen LogP contribution is 2.38. The Morgan fingerprint density at radius 3 is 2.38 bits per heavy atom. The molecule has 0 heterocycles. The number of phosphoric acid groups is 1. The molecule has 2 unspecified atom stereocenters. The second kappa shape index (κ2) is 6.69. The lowest BCUT2D eigenvalue weighted by atomic mass is 10.3. The monoisotopic (exact) mass is 255 g/mol. The number of likely N-dealkylation sites (N-methyl/N-ethyl adjacent to an activating group) is 1. The zero-order chi connectivity index (χ0) is 12.8. The Balaban J connectivity index is 3.83. The third-order valence-electron chi connectivity index (χ3n) is 1.91. The van der Waals surface area contributed by atoms with Crippen LogP contribution in [0.2, 0.25) is 0 Å². The van der Waals surface area contributed by atoms with Crippen LogP contribution in [0, 0.1) is 0 Å². The molecule has 0 aromatic rings. The fourth-order valence-electron chi connectivity index (χ4n) is 0.759. The van der Waals surface area contributed by atoms with E-state index in [9.17, 15) is 9.46 Å². The van der Waals surface area contributed by atoms with Crippen LogP contribution in [0.15, 0.2) is 0 Å². The lowest BCUT2D eigenvalue weighted by molar-refractivity contribution is -0.870. The van der Waals surface area contributed by atoms with Crippen molar-refractivity contribution in [2.24, 2.45) is 0 Å². The summed E-state index contributed by atoms with van der Waals surface area (Å²) in [6, 6.07) is 0. The molecule has 16 heavy (non-hydrogen) atoms. The summed E-state index contributed by atoms with van der Waals surface area (Å²) in [4.78, 5) is 11.2. The predicted octanol–water partition coefficient (Wildman–Crippen LogP) is -0.0349. The predicted molar refractivity (Wildman–Crippen MR) is 58.7 cm³/mol. The summed E-state index contributed by atoms with van der Waals surface area (Å²) in [6.07, 6.45) is -0.330. The second-order valence-corrected chi connectivity index (χ2v) is 6.06. The number of hydrogen-bond acceptors (Lipinski definition) is 5. The minimum absolute atomic E-state index is 0.0759. The Morgan fingerprint density at radius 1 is 1.38 bits per heavy atom. The first-order valence-electron chi connectivity index (χ1n) is 5.25. The third kappa shape index (κ3) is 9.27. The van der Waals surface area contributed by atoms with Crippen molar-refractivity contribution in [3.63, 3.8) is 0 Å². The lowest BCUT2D eigenvalue weighted by Gasteiger charge is -2.27. The number of hydrogen-bond donors (Lipinski definition) is 1. The highest BCUT2D eigenvalue weighted by Gasteiger charge is 2.14. The van der Waals surface area contributed by atoms with Crippen molar-refractivity contribution in [3.8, 4) is 0 Å². The van der Waals surface area contributed by atoms with Crippen molar-refractivity contribution in [3.05, 3.63) is 0 Å². The Hall–Kier alpha value is 0.0300. The summed E-state index contributed by atoms with van der Waals surface area (Å²) in [6.45, 7) is 2.13. The van der Waals surface area contributed by atoms with Gasteiger partial charge in [-0.25, -0.2) is 0 Å². The van der Waals surface area contributed by atoms with Crippen LogP contribution < -0.4 is 4.89 Å². The molecule has 0 aliphatic heterocycles. The molecule has 2 atom stereocenters. The van der Waals surface area contributed by atoms with E-state index in [2.05, 4.69) is 9.05 Å². The third-order valence-corrected chi connectivity index (χ3v) is 2.87. The van der Waals surface area contributed by atoms with Crippen LogP contribution >= 0.6 is 7.82 Å². The summed E-state index contributed by atoms with van der Waals surface area (Å²) < 4.78 is 21.0. The van der Waals surface area contributed by atoms with Crippen molar-refractivity contribution < 1.29 is 28.1 Å². The van der Waals surface area contributed by atoms with Crippen LogP contribution in [0.3, 0.4) is 0 Å². The van der Waals surface area contributed by atoms with Gasteiger partial charge in [-0.15, -0.1) is 0 Å². The van der Waals surface area contributed by atoms with Gasteiger partial charge in [0, 0.05) is 0 Å². The molecule has 98 valence electrons. The molecule has 0 saturated carbocycles. The number of phosphoric ester groups is 1. The van der Waals surface area contributed by atoms with Gasteiger partial charge in [-0.2, -0.15) is 0 Å². The van der Waals surface area contributed by atoms with E-state index < -0.39 is 13.9 Å². The van der Waals surface area contributed by atoms with Crippen molar-refractivity contribution >= 4 is 7.82 Å². The minimum Gasteiger partial charge on any atom is -0.756 e. The summed E-state index contributed by atoms with van der Waals surface area (Å²) in [7, 11) is 1.53. The van der Waals surface area contributed by atoms with Crippen molar-refractivity contribution in [2.75, 3.05) is 40.9 Å². The van der Waals surface area contributed by atoms with Crippen LogP contribution in [0.1, 0.15) is 13.3 Å². The van der Waals surface area contributed by atoms with Crippen LogP contribution in [-0.2, 0) is 13.6 Å². The molecule has 0 fully saturated rings. The van der Waals surface area contributed by atoms with Crippen molar-refractivity contribution in [1.29, 1.82) is 0 Å². The SMILES string of the molecule is CCC(O)COP(=O)([O-])OCC[N+](C)(C)C. The quantitative estimate of drug-likeness (QED) is 0.486. The van der Waals surface area contributed by atoms with Gasteiger partial charge in [0.25, 0.3) is 7.82 Å². The van der Waals surface area contributed by atoms with E-state index in [1.165, 1.54) is 0 Å². The molecule has 0 amide bonds. The summed E-state index contributed by atoms with van der Waals surface area (Å²) in [5.74, 6) is 0. The van der Waals surface area contributed by atoms with E-state index in [4.69, 9.17) is 5.11 Å². The van der Waals surface area contributed by atoms with Crippen LogP contribution in [-0.4, -0.2) is 56.6 Å². The molecule has 0 bridgehead atoms. The maximum atomic E-state index is 11.2. The maximum absolute atomic E-state index is 11.2. The summed E-state index contributed by atoms with van der Waals surface area (Å²) in [5, 5.41) is 9.13. The smallest absolute Gasteiger partial charge is 0.268 e. The molecule has 0 rings (SSSR count). The lowest BCUT2D eigenvalue weighted by Crippen LogP contribution is -2.37. The molecule has 0 aliphatic rings. The average Bonchev–Trinajstić information content (AvgIpc) is 2.12. The maximum Gasteiger partial charge on any atom is 0.268 e. The summed E-state index contributed by atoms with van der Waals surface area (Å²) >= 11 is 0. The number of aliphatic hydroxyl groups is 1. The van der Waals surface area contributed by atoms with Gasteiger partial charge >= 0.3 is 0 Å². The zero-order valence-electron chi connectivity index (χ0n) is 10.4. The number of quaternary nitrogens is 1. The van der Waals surface area contributed by atoms with E-state index in [0.29, 0.717) is 17.4 Å². The largest absolute Gasteiger partial charge is 0.756 e. The zero-order valence-corrected chi connectivity index (χ0v) is 11.3. The number of nitrogens with zero attached hydrogens (tertiary/aromatic N) is 1. The molecular weight excluding hydrogens is 233 g/mol. The first kappa shape index (κ1) is 16.0. The molecule has 6 nitrogen and oxygen atoms in total. The molecule has 0 aromatic carbocycles. The fourth-order valence-corrected chi connectivity index (χ4v) is 1.49.